The number of hydrogen-bond donors (Lipinski definition) is 2. The summed E-state index contributed by atoms with van der Waals surface area (Å²) in [5, 5.41) is 19.5. The van der Waals surface area contributed by atoms with Gasteiger partial charge in [0.15, 0.2) is 6.10 Å². The van der Waals surface area contributed by atoms with Crippen molar-refractivity contribution in [1.82, 2.24) is 0 Å². The van der Waals surface area contributed by atoms with Crippen molar-refractivity contribution in [3.8, 4) is 0 Å². The van der Waals surface area contributed by atoms with Gasteiger partial charge in [-0.1, -0.05) is 34.1 Å². The fraction of sp³-hybridized carbons (Fsp3) is 0.417. The van der Waals surface area contributed by atoms with E-state index in [-0.39, 0.29) is 5.88 Å². The minimum absolute atomic E-state index is 0.196. The molecule has 2 N–H and O–H groups in total. The number of halogens is 2. The molecule has 0 amide bonds. The average Bonchev–Trinajstić information content (AvgIpc) is 2.34. The number of aliphatic hydroxyl groups excluding tert-OH is 1. The number of rotatable bonds is 6. The maximum atomic E-state index is 10.9. The van der Waals surface area contributed by atoms with Crippen LogP contribution in [0.3, 0.4) is 0 Å². The Morgan fingerprint density at radius 3 is 2.59 bits per heavy atom. The zero-order valence-electron chi connectivity index (χ0n) is 9.20. The maximum absolute atomic E-state index is 10.9. The number of aryl methyl sites for hydroxylation is 1. The molecule has 1 atom stereocenters. The fourth-order valence-electron chi connectivity index (χ4n) is 1.73. The first-order chi connectivity index (χ1) is 8.11. The molecule has 0 radical (unpaired) electrons. The van der Waals surface area contributed by atoms with Crippen LogP contribution in [-0.2, 0) is 17.1 Å². The molecule has 1 aromatic rings. The van der Waals surface area contributed by atoms with Crippen LogP contribution in [0.5, 0.6) is 0 Å². The van der Waals surface area contributed by atoms with Crippen LogP contribution in [0.2, 0.25) is 0 Å². The molecular weight excluding hydrogens is 307 g/mol. The standard InChI is InChI=1S/C12H14BrClO3/c13-6-2-5-8-3-1-4-9(7-14)10(8)11(15)12(16)17/h1,3-4,11,15H,2,5-7H2,(H,16,17). The summed E-state index contributed by atoms with van der Waals surface area (Å²) in [4.78, 5) is 10.9. The third-order valence-electron chi connectivity index (χ3n) is 2.52. The van der Waals surface area contributed by atoms with Gasteiger partial charge in [0, 0.05) is 11.2 Å². The molecule has 0 fully saturated rings. The highest BCUT2D eigenvalue weighted by molar-refractivity contribution is 9.09. The number of carboxylic acid groups (broad SMARTS) is 1. The Labute approximate surface area is 114 Å². The Bertz CT molecular complexity index is 395. The van der Waals surface area contributed by atoms with Crippen molar-refractivity contribution in [2.24, 2.45) is 0 Å². The van der Waals surface area contributed by atoms with Gasteiger partial charge in [-0.25, -0.2) is 4.79 Å². The molecule has 0 aromatic heterocycles. The van der Waals surface area contributed by atoms with Gasteiger partial charge in [-0.15, -0.1) is 11.6 Å². The molecule has 0 spiro atoms. The molecule has 0 saturated carbocycles. The molecule has 3 nitrogen and oxygen atoms in total. The zero-order chi connectivity index (χ0) is 12.8. The molecule has 5 heteroatoms. The van der Waals surface area contributed by atoms with Gasteiger partial charge in [0.1, 0.15) is 0 Å². The van der Waals surface area contributed by atoms with Gasteiger partial charge >= 0.3 is 5.97 Å². The molecule has 94 valence electrons. The molecule has 0 aliphatic heterocycles. The lowest BCUT2D eigenvalue weighted by atomic mass is 9.94. The largest absolute Gasteiger partial charge is 0.479 e. The number of carbonyl (C=O) groups is 1. The van der Waals surface area contributed by atoms with E-state index < -0.39 is 12.1 Å². The van der Waals surface area contributed by atoms with Crippen molar-refractivity contribution in [3.63, 3.8) is 0 Å². The summed E-state index contributed by atoms with van der Waals surface area (Å²) in [6.45, 7) is 0. The summed E-state index contributed by atoms with van der Waals surface area (Å²) >= 11 is 9.10. The third-order valence-corrected chi connectivity index (χ3v) is 3.37. The van der Waals surface area contributed by atoms with E-state index in [4.69, 9.17) is 16.7 Å². The lowest BCUT2D eigenvalue weighted by molar-refractivity contribution is -0.147. The second-order valence-corrected chi connectivity index (χ2v) is 4.72. The van der Waals surface area contributed by atoms with Crippen LogP contribution >= 0.6 is 27.5 Å². The quantitative estimate of drug-likeness (QED) is 0.792. The molecule has 0 heterocycles. The molecule has 17 heavy (non-hydrogen) atoms. The van der Waals surface area contributed by atoms with Crippen molar-refractivity contribution in [1.29, 1.82) is 0 Å². The van der Waals surface area contributed by atoms with E-state index in [1.165, 1.54) is 0 Å². The van der Waals surface area contributed by atoms with Gasteiger partial charge in [0.05, 0.1) is 0 Å². The second-order valence-electron chi connectivity index (χ2n) is 3.66. The van der Waals surface area contributed by atoms with Crippen molar-refractivity contribution in [2.45, 2.75) is 24.8 Å². The highest BCUT2D eigenvalue weighted by Gasteiger charge is 2.22. The van der Waals surface area contributed by atoms with Crippen molar-refractivity contribution < 1.29 is 15.0 Å². The summed E-state index contributed by atoms with van der Waals surface area (Å²) in [7, 11) is 0. The van der Waals surface area contributed by atoms with E-state index in [9.17, 15) is 9.90 Å². The number of carboxylic acids is 1. The fourth-order valence-corrected chi connectivity index (χ4v) is 2.25. The first-order valence-corrected chi connectivity index (χ1v) is 6.90. The van der Waals surface area contributed by atoms with Gasteiger partial charge in [-0.3, -0.25) is 0 Å². The molecule has 1 aromatic carbocycles. The van der Waals surface area contributed by atoms with Crippen LogP contribution in [0.25, 0.3) is 0 Å². The van der Waals surface area contributed by atoms with Crippen LogP contribution in [-0.4, -0.2) is 21.5 Å². The van der Waals surface area contributed by atoms with E-state index in [1.54, 1.807) is 6.07 Å². The predicted molar refractivity (Wildman–Crippen MR) is 70.7 cm³/mol. The van der Waals surface area contributed by atoms with Crippen molar-refractivity contribution >= 4 is 33.5 Å². The summed E-state index contributed by atoms with van der Waals surface area (Å²) in [5.41, 5.74) is 1.96. The summed E-state index contributed by atoms with van der Waals surface area (Å²) < 4.78 is 0. The Kier molecular flexibility index (Phi) is 5.95. The molecule has 0 saturated heterocycles. The highest BCUT2D eigenvalue weighted by atomic mass is 79.9. The molecule has 1 unspecified atom stereocenters. The number of aliphatic carboxylic acids is 1. The maximum Gasteiger partial charge on any atom is 0.337 e. The van der Waals surface area contributed by atoms with E-state index in [0.29, 0.717) is 11.1 Å². The topological polar surface area (TPSA) is 57.5 Å². The normalized spacial score (nSPS) is 12.4. The number of alkyl halides is 2. The second kappa shape index (κ2) is 6.99. The van der Waals surface area contributed by atoms with Crippen LogP contribution in [0.15, 0.2) is 18.2 Å². The number of hydrogen-bond acceptors (Lipinski definition) is 2. The van der Waals surface area contributed by atoms with Crippen LogP contribution in [0.4, 0.5) is 0 Å². The summed E-state index contributed by atoms with van der Waals surface area (Å²) in [6.07, 6.45) is 0.0936. The minimum atomic E-state index is -1.50. The van der Waals surface area contributed by atoms with Gasteiger partial charge in [-0.05, 0) is 29.5 Å². The first kappa shape index (κ1) is 14.5. The van der Waals surface area contributed by atoms with Crippen LogP contribution in [0, 0.1) is 0 Å². The van der Waals surface area contributed by atoms with E-state index >= 15 is 0 Å². The Morgan fingerprint density at radius 1 is 1.41 bits per heavy atom. The van der Waals surface area contributed by atoms with Gasteiger partial charge in [0.25, 0.3) is 0 Å². The lowest BCUT2D eigenvalue weighted by Crippen LogP contribution is -2.15. The van der Waals surface area contributed by atoms with E-state index in [0.717, 1.165) is 23.7 Å². The lowest BCUT2D eigenvalue weighted by Gasteiger charge is -2.15. The smallest absolute Gasteiger partial charge is 0.337 e. The minimum Gasteiger partial charge on any atom is -0.479 e. The molecule has 0 aliphatic rings. The van der Waals surface area contributed by atoms with E-state index in [2.05, 4.69) is 15.9 Å². The Hall–Kier alpha value is -0.580. The molecule has 1 rings (SSSR count). The van der Waals surface area contributed by atoms with E-state index in [1.807, 2.05) is 12.1 Å². The monoisotopic (exact) mass is 320 g/mol. The van der Waals surface area contributed by atoms with Gasteiger partial charge in [-0.2, -0.15) is 0 Å². The molecular formula is C12H14BrClO3. The summed E-state index contributed by atoms with van der Waals surface area (Å²) in [5.74, 6) is -1.05. The Morgan fingerprint density at radius 2 is 2.06 bits per heavy atom. The zero-order valence-corrected chi connectivity index (χ0v) is 11.5. The first-order valence-electron chi connectivity index (χ1n) is 5.25. The summed E-state index contributed by atoms with van der Waals surface area (Å²) in [6, 6.07) is 5.41. The predicted octanol–water partition coefficient (Wildman–Crippen LogP) is 2.87. The molecule has 0 bridgehead atoms. The van der Waals surface area contributed by atoms with Crippen LogP contribution in [0.1, 0.15) is 29.2 Å². The Balaban J connectivity index is 3.15. The third kappa shape index (κ3) is 3.69. The number of benzene rings is 1. The van der Waals surface area contributed by atoms with Gasteiger partial charge in [0.2, 0.25) is 0 Å². The number of aliphatic hydroxyl groups is 1. The average molecular weight is 322 g/mol. The SMILES string of the molecule is O=C(O)C(O)c1c(CCl)cccc1CCCBr. The van der Waals surface area contributed by atoms with Crippen molar-refractivity contribution in [3.05, 3.63) is 34.9 Å². The molecule has 0 aliphatic carbocycles. The van der Waals surface area contributed by atoms with Gasteiger partial charge < -0.3 is 10.2 Å². The highest BCUT2D eigenvalue weighted by Crippen LogP contribution is 2.25. The van der Waals surface area contributed by atoms with Crippen molar-refractivity contribution in [2.75, 3.05) is 5.33 Å². The van der Waals surface area contributed by atoms with Crippen LogP contribution < -0.4 is 0 Å².